The summed E-state index contributed by atoms with van der Waals surface area (Å²) in [4.78, 5) is 68.2. The quantitative estimate of drug-likeness (QED) is 0.204. The van der Waals surface area contributed by atoms with Crippen LogP contribution in [0.25, 0.3) is 0 Å². The van der Waals surface area contributed by atoms with Gasteiger partial charge in [0.05, 0.1) is 0 Å². The van der Waals surface area contributed by atoms with E-state index in [0.717, 1.165) is 12.4 Å². The minimum atomic E-state index is -5.92. The van der Waals surface area contributed by atoms with Crippen molar-refractivity contribution in [3.05, 3.63) is 60.2 Å². The zero-order valence-corrected chi connectivity index (χ0v) is 25.4. The van der Waals surface area contributed by atoms with Crippen molar-refractivity contribution in [3.8, 4) is 0 Å². The second-order valence-corrected chi connectivity index (χ2v) is 15.1. The monoisotopic (exact) mass is 576 g/mol. The van der Waals surface area contributed by atoms with Gasteiger partial charge in [0.1, 0.15) is 0 Å². The molecule has 2 radical (unpaired) electrons. The van der Waals surface area contributed by atoms with Gasteiger partial charge in [0.25, 0.3) is 10.2 Å². The Labute approximate surface area is 237 Å². The average Bonchev–Trinajstić information content (AvgIpc) is 2.65. The van der Waals surface area contributed by atoms with Gasteiger partial charge in [-0.3, -0.25) is 37.3 Å². The van der Waals surface area contributed by atoms with Gasteiger partial charge >= 0.3 is 30.4 Å². The van der Waals surface area contributed by atoms with E-state index in [9.17, 15) is 47.6 Å². The molecule has 178 valence electrons. The first-order valence-electron chi connectivity index (χ1n) is 8.53. The van der Waals surface area contributed by atoms with Crippen molar-refractivity contribution in [1.82, 2.24) is 9.97 Å². The van der Waals surface area contributed by atoms with Crippen LogP contribution in [0.2, 0.25) is 0 Å². The second-order valence-electron chi connectivity index (χ2n) is 6.87. The predicted molar refractivity (Wildman–Crippen MR) is 119 cm³/mol. The number of rotatable bonds is 6. The number of hydrogen-bond donors (Lipinski definition) is 6. The van der Waals surface area contributed by atoms with E-state index in [0.29, 0.717) is 0 Å². The Kier molecular flexibility index (Phi) is 11.0. The van der Waals surface area contributed by atoms with Crippen LogP contribution in [0.15, 0.2) is 49.1 Å². The van der Waals surface area contributed by atoms with Crippen molar-refractivity contribution in [3.63, 3.8) is 0 Å². The average molecular weight is 576 g/mol. The van der Waals surface area contributed by atoms with E-state index < -0.39 is 53.4 Å². The van der Waals surface area contributed by atoms with Crippen LogP contribution in [-0.4, -0.2) is 109 Å². The minimum Gasteiger partial charge on any atom is -0.322 e. The first kappa shape index (κ1) is 32.9. The number of nitrogens with zero attached hydrogens (tertiary/aromatic N) is 2. The summed E-state index contributed by atoms with van der Waals surface area (Å²) in [6.45, 7) is 0. The van der Waals surface area contributed by atoms with E-state index in [1.165, 1.54) is 36.7 Å². The molecule has 0 aromatic carbocycles. The summed E-state index contributed by atoms with van der Waals surface area (Å²) in [5.41, 5.74) is -0.186. The van der Waals surface area contributed by atoms with E-state index in [-0.39, 0.29) is 70.2 Å². The van der Waals surface area contributed by atoms with Crippen molar-refractivity contribution in [2.75, 3.05) is 0 Å². The summed E-state index contributed by atoms with van der Waals surface area (Å²) in [5.74, 6) is 0. The molecule has 1 aliphatic rings. The molecular weight excluding hydrogens is 558 g/mol. The van der Waals surface area contributed by atoms with E-state index in [2.05, 4.69) is 9.97 Å². The first-order chi connectivity index (χ1) is 14.6. The van der Waals surface area contributed by atoms with Crippen molar-refractivity contribution in [2.45, 2.75) is 23.0 Å². The summed E-state index contributed by atoms with van der Waals surface area (Å²) in [6, 6.07) is 5.10. The summed E-state index contributed by atoms with van der Waals surface area (Å²) in [7, 11) is -23.6. The Morgan fingerprint density at radius 1 is 0.765 bits per heavy atom. The third kappa shape index (κ3) is 5.97. The van der Waals surface area contributed by atoms with Gasteiger partial charge in [0, 0.05) is 96.7 Å². The molecule has 4 atom stereocenters. The Morgan fingerprint density at radius 2 is 1.09 bits per heavy atom. The smallest absolute Gasteiger partial charge is 0.322 e. The zero-order chi connectivity index (χ0) is 24.1. The van der Waals surface area contributed by atoms with E-state index in [1.54, 1.807) is 0 Å². The van der Waals surface area contributed by atoms with Crippen molar-refractivity contribution in [1.29, 1.82) is 0 Å². The molecule has 34 heavy (non-hydrogen) atoms. The van der Waals surface area contributed by atoms with Crippen LogP contribution in [0.4, 0.5) is 0 Å². The molecule has 0 spiro atoms. The van der Waals surface area contributed by atoms with Gasteiger partial charge in [-0.1, -0.05) is 12.1 Å². The zero-order valence-electron chi connectivity index (χ0n) is 17.8. The topological polar surface area (TPSA) is 234 Å². The van der Waals surface area contributed by atoms with Crippen LogP contribution in [0.3, 0.4) is 0 Å². The molecule has 0 amide bonds. The summed E-state index contributed by atoms with van der Waals surface area (Å²) in [6.07, 6.45) is 2.40. The Balaban J connectivity index is 0.00000289. The molecule has 2 aromatic rings. The fraction of sp³-hybridized carbons (Fsp3) is 0.286. The van der Waals surface area contributed by atoms with Gasteiger partial charge in [-0.25, -0.2) is 0 Å². The van der Waals surface area contributed by atoms with Crippen LogP contribution in [0, 0.1) is 0 Å². The third-order valence-corrected chi connectivity index (χ3v) is 14.0. The molecule has 6 N–H and O–H groups in total. The minimum absolute atomic E-state index is 0. The first-order valence-corrected chi connectivity index (χ1v) is 14.9. The predicted octanol–water partition coefficient (Wildman–Crippen LogP) is 0.581. The number of hydrogen-bond acceptors (Lipinski definition) is 8. The molecule has 0 saturated carbocycles. The molecule has 2 aromatic heterocycles. The summed E-state index contributed by atoms with van der Waals surface area (Å²) in [5, 5.41) is -7.28. The number of aromatic nitrogens is 2. The van der Waals surface area contributed by atoms with E-state index >= 15 is 0 Å². The van der Waals surface area contributed by atoms with Gasteiger partial charge < -0.3 is 29.4 Å². The maximum absolute atomic E-state index is 13.2. The van der Waals surface area contributed by atoms with Gasteiger partial charge in [-0.15, -0.1) is 0 Å². The standard InChI is InChI=1S/C14H18N2O12P4.2Na/c17-29(18,19)13(7-11-3-1-5-15-9-11)27-32(25,26)14(30(20,21)22,28-31(13,23)24)8-12-4-2-6-16-10-12;;/h1-6,9-10H,7-8H2,(H,23,24)(H,25,26)(H2,17,18,19)(H2,20,21,22);;. The van der Waals surface area contributed by atoms with Crippen LogP contribution in [-0.2, 0) is 40.1 Å². The molecule has 1 fully saturated rings. The van der Waals surface area contributed by atoms with Crippen molar-refractivity contribution in [2.24, 2.45) is 0 Å². The molecule has 20 heteroatoms. The van der Waals surface area contributed by atoms with Gasteiger partial charge in [-0.05, 0) is 23.3 Å². The van der Waals surface area contributed by atoms with Gasteiger partial charge in [0.15, 0.2) is 0 Å². The molecule has 1 saturated heterocycles. The molecule has 3 rings (SSSR count). The molecular formula is C14H18N2Na2O12P4. The van der Waals surface area contributed by atoms with Gasteiger partial charge in [-0.2, -0.15) is 0 Å². The fourth-order valence-electron chi connectivity index (χ4n) is 3.09. The van der Waals surface area contributed by atoms with E-state index in [4.69, 9.17) is 9.05 Å². The van der Waals surface area contributed by atoms with Crippen LogP contribution in [0.5, 0.6) is 0 Å². The van der Waals surface area contributed by atoms with Crippen LogP contribution in [0.1, 0.15) is 11.1 Å². The molecule has 0 bridgehead atoms. The van der Waals surface area contributed by atoms with Gasteiger partial charge in [0.2, 0.25) is 0 Å². The van der Waals surface area contributed by atoms with Crippen molar-refractivity contribution >= 4 is 89.5 Å². The number of pyridine rings is 2. The largest absolute Gasteiger partial charge is 0.374 e. The Hall–Kier alpha value is 0.900. The normalized spacial score (nSPS) is 31.7. The summed E-state index contributed by atoms with van der Waals surface area (Å²) >= 11 is 0. The molecule has 3 heterocycles. The van der Waals surface area contributed by atoms with E-state index in [1.807, 2.05) is 0 Å². The SMILES string of the molecule is O=P(O)(O)C1(Cc2cccnc2)OP(=O)(O)C(Cc2cccnc2)(P(=O)(O)O)OP1(=O)O.[Na].[Na]. The third-order valence-electron chi connectivity index (χ3n) is 4.65. The van der Waals surface area contributed by atoms with Crippen LogP contribution >= 0.6 is 30.4 Å². The molecule has 4 unspecified atom stereocenters. The summed E-state index contributed by atoms with van der Waals surface area (Å²) < 4.78 is 60.5. The molecule has 1 aliphatic heterocycles. The Bertz CT molecular complexity index is 1100. The van der Waals surface area contributed by atoms with Crippen LogP contribution < -0.4 is 0 Å². The fourth-order valence-corrected chi connectivity index (χ4v) is 11.7. The maximum atomic E-state index is 13.2. The molecule has 14 nitrogen and oxygen atoms in total. The molecule has 0 aliphatic carbocycles. The maximum Gasteiger partial charge on any atom is 0.374 e. The Morgan fingerprint density at radius 3 is 1.32 bits per heavy atom. The van der Waals surface area contributed by atoms with Crippen molar-refractivity contribution < 1.29 is 56.7 Å². The second kappa shape index (κ2) is 11.3.